The van der Waals surface area contributed by atoms with Crippen molar-refractivity contribution < 1.29 is 9.15 Å². The molecule has 0 radical (unpaired) electrons. The third-order valence-corrected chi connectivity index (χ3v) is 5.04. The van der Waals surface area contributed by atoms with Crippen molar-refractivity contribution in [3.05, 3.63) is 60.0 Å². The van der Waals surface area contributed by atoms with Gasteiger partial charge < -0.3 is 9.15 Å². The van der Waals surface area contributed by atoms with Crippen molar-refractivity contribution in [3.63, 3.8) is 0 Å². The number of benzene rings is 2. The van der Waals surface area contributed by atoms with Gasteiger partial charge in [-0.2, -0.15) is 0 Å². The SMILES string of the molecule is COc1c(Br)cc2c(=O)cc(-c3ccc(Br)cc3)oc2c1Br. The van der Waals surface area contributed by atoms with Crippen molar-refractivity contribution in [2.24, 2.45) is 0 Å². The Balaban J connectivity index is 2.32. The molecule has 3 rings (SSSR count). The Morgan fingerprint density at radius 2 is 1.73 bits per heavy atom. The summed E-state index contributed by atoms with van der Waals surface area (Å²) in [6.07, 6.45) is 0. The average molecular weight is 489 g/mol. The first-order valence-electron chi connectivity index (χ1n) is 6.27. The minimum atomic E-state index is -0.108. The molecular weight excluding hydrogens is 480 g/mol. The number of rotatable bonds is 2. The Kier molecular flexibility index (Phi) is 4.43. The molecule has 112 valence electrons. The van der Waals surface area contributed by atoms with Gasteiger partial charge in [0.1, 0.15) is 10.2 Å². The van der Waals surface area contributed by atoms with Gasteiger partial charge in [-0.3, -0.25) is 4.79 Å². The normalized spacial score (nSPS) is 10.9. The van der Waals surface area contributed by atoms with Crippen molar-refractivity contribution >= 4 is 58.8 Å². The maximum absolute atomic E-state index is 12.4. The maximum atomic E-state index is 12.4. The van der Waals surface area contributed by atoms with Gasteiger partial charge in [-0.1, -0.05) is 28.1 Å². The fourth-order valence-electron chi connectivity index (χ4n) is 2.15. The van der Waals surface area contributed by atoms with Crippen LogP contribution in [0.2, 0.25) is 0 Å². The van der Waals surface area contributed by atoms with Gasteiger partial charge in [0.05, 0.1) is 17.0 Å². The standard InChI is InChI=1S/C16H9Br3O3/c1-21-16-11(18)6-10-12(20)7-13(22-15(10)14(16)19)8-2-4-9(17)5-3-8/h2-7H,1H3. The first kappa shape index (κ1) is 15.8. The second-order valence-corrected chi connectivity index (χ2v) is 7.13. The van der Waals surface area contributed by atoms with Crippen LogP contribution >= 0.6 is 47.8 Å². The number of hydrogen-bond donors (Lipinski definition) is 0. The van der Waals surface area contributed by atoms with E-state index in [9.17, 15) is 4.79 Å². The molecule has 0 N–H and O–H groups in total. The Bertz CT molecular complexity index is 915. The highest BCUT2D eigenvalue weighted by molar-refractivity contribution is 9.11. The van der Waals surface area contributed by atoms with E-state index >= 15 is 0 Å². The third-order valence-electron chi connectivity index (χ3n) is 3.20. The highest BCUT2D eigenvalue weighted by atomic mass is 79.9. The maximum Gasteiger partial charge on any atom is 0.193 e. The zero-order valence-corrected chi connectivity index (χ0v) is 16.1. The lowest BCUT2D eigenvalue weighted by molar-refractivity contribution is 0.409. The van der Waals surface area contributed by atoms with E-state index in [4.69, 9.17) is 9.15 Å². The lowest BCUT2D eigenvalue weighted by Gasteiger charge is -2.10. The summed E-state index contributed by atoms with van der Waals surface area (Å²) in [6, 6.07) is 10.8. The van der Waals surface area contributed by atoms with Gasteiger partial charge in [-0.15, -0.1) is 0 Å². The number of halogens is 3. The Labute approximate surface area is 151 Å². The van der Waals surface area contributed by atoms with Crippen molar-refractivity contribution in [2.75, 3.05) is 7.11 Å². The summed E-state index contributed by atoms with van der Waals surface area (Å²) >= 11 is 10.2. The monoisotopic (exact) mass is 486 g/mol. The van der Waals surface area contributed by atoms with Gasteiger partial charge in [0, 0.05) is 16.1 Å². The zero-order valence-electron chi connectivity index (χ0n) is 11.3. The minimum absolute atomic E-state index is 0.108. The van der Waals surface area contributed by atoms with Crippen molar-refractivity contribution in [1.82, 2.24) is 0 Å². The van der Waals surface area contributed by atoms with Crippen LogP contribution in [-0.4, -0.2) is 7.11 Å². The van der Waals surface area contributed by atoms with Crippen molar-refractivity contribution in [2.45, 2.75) is 0 Å². The van der Waals surface area contributed by atoms with E-state index in [-0.39, 0.29) is 5.43 Å². The molecule has 0 fully saturated rings. The van der Waals surface area contributed by atoms with Gasteiger partial charge in [0.25, 0.3) is 0 Å². The molecule has 6 heteroatoms. The molecule has 0 amide bonds. The lowest BCUT2D eigenvalue weighted by atomic mass is 10.1. The lowest BCUT2D eigenvalue weighted by Crippen LogP contribution is -2.02. The molecule has 0 saturated carbocycles. The van der Waals surface area contributed by atoms with Crippen LogP contribution in [0.4, 0.5) is 0 Å². The van der Waals surface area contributed by atoms with E-state index in [0.29, 0.717) is 31.4 Å². The van der Waals surface area contributed by atoms with Crippen LogP contribution in [0.25, 0.3) is 22.3 Å². The van der Waals surface area contributed by atoms with E-state index in [1.165, 1.54) is 6.07 Å². The summed E-state index contributed by atoms with van der Waals surface area (Å²) < 4.78 is 13.5. The molecule has 3 aromatic rings. The zero-order chi connectivity index (χ0) is 15.9. The predicted molar refractivity (Wildman–Crippen MR) is 97.6 cm³/mol. The largest absolute Gasteiger partial charge is 0.494 e. The molecule has 22 heavy (non-hydrogen) atoms. The molecule has 3 nitrogen and oxygen atoms in total. The predicted octanol–water partition coefficient (Wildman–Crippen LogP) is 5.76. The molecule has 0 aliphatic heterocycles. The summed E-state index contributed by atoms with van der Waals surface area (Å²) in [6.45, 7) is 0. The number of fused-ring (bicyclic) bond motifs is 1. The highest BCUT2D eigenvalue weighted by Crippen LogP contribution is 2.39. The molecule has 0 spiro atoms. The van der Waals surface area contributed by atoms with Gasteiger partial charge in [0.15, 0.2) is 16.8 Å². The van der Waals surface area contributed by atoms with E-state index in [1.807, 2.05) is 24.3 Å². The quantitative estimate of drug-likeness (QED) is 0.460. The van der Waals surface area contributed by atoms with Crippen LogP contribution in [0.15, 0.2) is 59.0 Å². The van der Waals surface area contributed by atoms with Crippen LogP contribution < -0.4 is 10.2 Å². The third kappa shape index (κ3) is 2.75. The minimum Gasteiger partial charge on any atom is -0.494 e. The van der Waals surface area contributed by atoms with E-state index < -0.39 is 0 Å². The number of methoxy groups -OCH3 is 1. The van der Waals surface area contributed by atoms with Crippen LogP contribution in [0, 0.1) is 0 Å². The Hall–Kier alpha value is -1.11. The summed E-state index contributed by atoms with van der Waals surface area (Å²) in [5.41, 5.74) is 1.18. The topological polar surface area (TPSA) is 39.4 Å². The van der Waals surface area contributed by atoms with Crippen LogP contribution in [0.3, 0.4) is 0 Å². The molecule has 0 saturated heterocycles. The second kappa shape index (κ2) is 6.18. The first-order valence-corrected chi connectivity index (χ1v) is 8.65. The molecule has 0 aliphatic carbocycles. The Morgan fingerprint density at radius 1 is 1.05 bits per heavy atom. The van der Waals surface area contributed by atoms with Crippen LogP contribution in [0.5, 0.6) is 5.75 Å². The smallest absolute Gasteiger partial charge is 0.193 e. The molecule has 0 bridgehead atoms. The number of hydrogen-bond acceptors (Lipinski definition) is 3. The van der Waals surface area contributed by atoms with Crippen molar-refractivity contribution in [1.29, 1.82) is 0 Å². The van der Waals surface area contributed by atoms with Crippen LogP contribution in [0.1, 0.15) is 0 Å². The van der Waals surface area contributed by atoms with E-state index in [1.54, 1.807) is 13.2 Å². The van der Waals surface area contributed by atoms with Crippen molar-refractivity contribution in [3.8, 4) is 17.1 Å². The summed E-state index contributed by atoms with van der Waals surface area (Å²) in [7, 11) is 1.56. The molecule has 0 unspecified atom stereocenters. The average Bonchev–Trinajstić information content (AvgIpc) is 2.49. The first-order chi connectivity index (χ1) is 10.5. The van der Waals surface area contributed by atoms with E-state index in [2.05, 4.69) is 47.8 Å². The number of ether oxygens (including phenoxy) is 1. The summed E-state index contributed by atoms with van der Waals surface area (Å²) in [4.78, 5) is 12.4. The highest BCUT2D eigenvalue weighted by Gasteiger charge is 2.16. The van der Waals surface area contributed by atoms with Gasteiger partial charge >= 0.3 is 0 Å². The molecule has 0 aliphatic rings. The Morgan fingerprint density at radius 3 is 2.36 bits per heavy atom. The van der Waals surface area contributed by atoms with Gasteiger partial charge in [-0.05, 0) is 50.1 Å². The fraction of sp³-hybridized carbons (Fsp3) is 0.0625. The van der Waals surface area contributed by atoms with Gasteiger partial charge in [-0.25, -0.2) is 0 Å². The van der Waals surface area contributed by atoms with Gasteiger partial charge in [0.2, 0.25) is 0 Å². The fourth-order valence-corrected chi connectivity index (χ4v) is 3.94. The molecule has 0 atom stereocenters. The van der Waals surface area contributed by atoms with Crippen LogP contribution in [-0.2, 0) is 0 Å². The molecule has 1 aromatic heterocycles. The molecule has 2 aromatic carbocycles. The summed E-state index contributed by atoms with van der Waals surface area (Å²) in [5.74, 6) is 1.10. The van der Waals surface area contributed by atoms with E-state index in [0.717, 1.165) is 10.0 Å². The summed E-state index contributed by atoms with van der Waals surface area (Å²) in [5, 5.41) is 0.486. The second-order valence-electron chi connectivity index (χ2n) is 4.56. The molecular formula is C16H9Br3O3. The molecule has 1 heterocycles.